The van der Waals surface area contributed by atoms with Gasteiger partial charge in [0.15, 0.2) is 0 Å². The van der Waals surface area contributed by atoms with Gasteiger partial charge in [0.25, 0.3) is 5.70 Å². The van der Waals surface area contributed by atoms with Crippen LogP contribution in [0.15, 0.2) is 83.0 Å². The molecule has 0 fully saturated rings. The summed E-state index contributed by atoms with van der Waals surface area (Å²) in [5.74, 6) is 0.556. The van der Waals surface area contributed by atoms with Gasteiger partial charge in [-0.25, -0.2) is 9.69 Å². The molecule has 1 N–H and O–H groups in total. The molecule has 0 bridgehead atoms. The van der Waals surface area contributed by atoms with Crippen LogP contribution in [0.3, 0.4) is 0 Å². The lowest BCUT2D eigenvalue weighted by Gasteiger charge is -2.37. The molecule has 8 heteroatoms. The number of aliphatic hydroxyl groups excluding tert-OH is 1. The molecule has 3 amide bonds. The molecule has 33 heavy (non-hydrogen) atoms. The molecule has 1 atom stereocenters. The molecule has 3 aliphatic rings. The number of allylic oxidation sites excluding steroid dienone is 4. The summed E-state index contributed by atoms with van der Waals surface area (Å²) in [6.45, 7) is 4.46. The van der Waals surface area contributed by atoms with Gasteiger partial charge >= 0.3 is 23.8 Å². The van der Waals surface area contributed by atoms with Crippen LogP contribution in [0.1, 0.15) is 18.4 Å². The minimum atomic E-state index is -0.403. The third kappa shape index (κ3) is 3.97. The zero-order valence-electron chi connectivity index (χ0n) is 19.3. The van der Waals surface area contributed by atoms with Gasteiger partial charge < -0.3 is 9.84 Å². The smallest absolute Gasteiger partial charge is 0.397 e. The summed E-state index contributed by atoms with van der Waals surface area (Å²) < 4.78 is 6.03. The van der Waals surface area contributed by atoms with Crippen LogP contribution in [-0.2, 0) is 16.1 Å². The lowest BCUT2D eigenvalue weighted by Crippen LogP contribution is -2.62. The summed E-state index contributed by atoms with van der Waals surface area (Å²) in [6, 6.07) is 9.75. The highest BCUT2D eigenvalue weighted by molar-refractivity contribution is 6.05. The maximum absolute atomic E-state index is 13.7. The highest BCUT2D eigenvalue weighted by Gasteiger charge is 2.62. The van der Waals surface area contributed by atoms with Gasteiger partial charge in [-0.3, -0.25) is 4.79 Å². The first kappa shape index (κ1) is 22.8. The third-order valence-electron chi connectivity index (χ3n) is 6.11. The second-order valence-corrected chi connectivity index (χ2v) is 9.09. The summed E-state index contributed by atoms with van der Waals surface area (Å²) >= 11 is 0. The number of nitrogens with zero attached hydrogens (tertiary/aromatic N) is 4. The summed E-state index contributed by atoms with van der Waals surface area (Å²) in [4.78, 5) is 32.9. The van der Waals surface area contributed by atoms with E-state index in [1.807, 2.05) is 55.6 Å². The SMILES string of the molecule is C=C1C=C(OC2=NC3=C(C(=O)N(CCCO)C(=O)[N+]3(C)C)[N+]2(C)Cc2ccccc2)C=CC1. The fourth-order valence-electron chi connectivity index (χ4n) is 4.32. The molecule has 8 nitrogen and oxygen atoms in total. The van der Waals surface area contributed by atoms with E-state index >= 15 is 0 Å². The van der Waals surface area contributed by atoms with Gasteiger partial charge in [-0.2, -0.15) is 8.97 Å². The molecule has 2 aliphatic heterocycles. The van der Waals surface area contributed by atoms with Gasteiger partial charge in [0, 0.05) is 18.7 Å². The van der Waals surface area contributed by atoms with Gasteiger partial charge in [0.2, 0.25) is 0 Å². The molecule has 0 saturated carbocycles. The van der Waals surface area contributed by atoms with Crippen molar-refractivity contribution in [1.82, 2.24) is 4.90 Å². The maximum atomic E-state index is 13.7. The number of amidine groups is 1. The lowest BCUT2D eigenvalue weighted by molar-refractivity contribution is -0.816. The number of carbonyl (C=O) groups excluding carboxylic acids is 2. The minimum Gasteiger partial charge on any atom is -0.397 e. The minimum absolute atomic E-state index is 0.0135. The molecule has 4 rings (SSSR count). The zero-order valence-corrected chi connectivity index (χ0v) is 19.3. The quantitative estimate of drug-likeness (QED) is 0.676. The number of urea groups is 1. The van der Waals surface area contributed by atoms with Crippen molar-refractivity contribution >= 4 is 18.0 Å². The van der Waals surface area contributed by atoms with E-state index in [9.17, 15) is 14.7 Å². The molecule has 1 aromatic carbocycles. The summed E-state index contributed by atoms with van der Waals surface area (Å²) in [6.07, 6.45) is 6.75. The average Bonchev–Trinajstić information content (AvgIpc) is 3.06. The normalized spacial score (nSPS) is 24.1. The molecule has 0 saturated heterocycles. The van der Waals surface area contributed by atoms with Crippen molar-refractivity contribution in [3.8, 4) is 0 Å². The number of quaternary nitrogens is 2. The summed E-state index contributed by atoms with van der Waals surface area (Å²) in [7, 11) is 5.32. The number of aliphatic hydroxyl groups is 1. The number of amides is 3. The van der Waals surface area contributed by atoms with Gasteiger partial charge in [-0.1, -0.05) is 48.0 Å². The Bertz CT molecular complexity index is 1130. The van der Waals surface area contributed by atoms with E-state index < -0.39 is 5.91 Å². The lowest BCUT2D eigenvalue weighted by atomic mass is 10.1. The summed E-state index contributed by atoms with van der Waals surface area (Å²) in [5.41, 5.74) is 2.31. The van der Waals surface area contributed by atoms with Crippen molar-refractivity contribution in [3.05, 3.63) is 83.6 Å². The van der Waals surface area contributed by atoms with Crippen LogP contribution in [0.25, 0.3) is 0 Å². The van der Waals surface area contributed by atoms with Crippen molar-refractivity contribution in [1.29, 1.82) is 0 Å². The van der Waals surface area contributed by atoms with Gasteiger partial charge in [-0.05, 0) is 30.6 Å². The van der Waals surface area contributed by atoms with Crippen LogP contribution in [0.5, 0.6) is 0 Å². The molecular formula is C25H30N4O4+2. The number of benzene rings is 1. The van der Waals surface area contributed by atoms with Crippen molar-refractivity contribution < 1.29 is 28.4 Å². The number of likely N-dealkylation sites (N-methyl/N-ethyl adjacent to an activating group) is 1. The Morgan fingerprint density at radius 1 is 1.18 bits per heavy atom. The van der Waals surface area contributed by atoms with Crippen LogP contribution in [0, 0.1) is 0 Å². The van der Waals surface area contributed by atoms with Gasteiger partial charge in [0.1, 0.15) is 12.3 Å². The largest absolute Gasteiger partial charge is 0.432 e. The Morgan fingerprint density at radius 2 is 1.91 bits per heavy atom. The van der Waals surface area contributed by atoms with E-state index in [0.29, 0.717) is 36.3 Å². The first-order valence-corrected chi connectivity index (χ1v) is 11.0. The standard InChI is InChI=1S/C25H30N4O4/c1-18-10-8-13-20(16-18)33-24-26-22-21(29(24,4)17-19-11-6-5-7-12-19)23(31)27(14-9-15-30)25(32)28(22,2)3/h5-8,11-13,16,30H,1,9-10,14-15,17H2,2-4H3/q+2. The number of hydrogen-bond acceptors (Lipinski definition) is 5. The Labute approximate surface area is 193 Å². The predicted octanol–water partition coefficient (Wildman–Crippen LogP) is 3.01. The number of aliphatic imine (C=N–C) groups is 1. The molecule has 172 valence electrons. The van der Waals surface area contributed by atoms with Crippen molar-refractivity contribution in [2.24, 2.45) is 4.99 Å². The second kappa shape index (κ2) is 8.55. The Morgan fingerprint density at radius 3 is 2.58 bits per heavy atom. The molecule has 0 radical (unpaired) electrons. The third-order valence-corrected chi connectivity index (χ3v) is 6.11. The number of imide groups is 1. The first-order valence-electron chi connectivity index (χ1n) is 11.0. The van der Waals surface area contributed by atoms with Crippen molar-refractivity contribution in [3.63, 3.8) is 0 Å². The first-order chi connectivity index (χ1) is 15.7. The average molecular weight is 451 g/mol. The highest BCUT2D eigenvalue weighted by atomic mass is 16.5. The van der Waals surface area contributed by atoms with E-state index in [-0.39, 0.29) is 28.1 Å². The fraction of sp³-hybridized carbons (Fsp3) is 0.320. The van der Waals surface area contributed by atoms with Crippen LogP contribution in [0.4, 0.5) is 4.79 Å². The number of hydrogen-bond donors (Lipinski definition) is 1. The molecule has 1 unspecified atom stereocenters. The highest BCUT2D eigenvalue weighted by Crippen LogP contribution is 2.40. The molecule has 1 aromatic rings. The Balaban J connectivity index is 1.82. The van der Waals surface area contributed by atoms with E-state index in [2.05, 4.69) is 6.58 Å². The Kier molecular flexibility index (Phi) is 5.92. The van der Waals surface area contributed by atoms with Crippen LogP contribution in [-0.4, -0.2) is 71.2 Å². The monoisotopic (exact) mass is 450 g/mol. The van der Waals surface area contributed by atoms with Gasteiger partial charge in [-0.15, -0.1) is 0 Å². The van der Waals surface area contributed by atoms with Crippen molar-refractivity contribution in [2.75, 3.05) is 34.3 Å². The van der Waals surface area contributed by atoms with Crippen LogP contribution in [0.2, 0.25) is 0 Å². The molecule has 1 aliphatic carbocycles. The van der Waals surface area contributed by atoms with E-state index in [4.69, 9.17) is 9.73 Å². The van der Waals surface area contributed by atoms with Crippen LogP contribution < -0.4 is 0 Å². The zero-order chi connectivity index (χ0) is 23.8. The molecular weight excluding hydrogens is 420 g/mol. The van der Waals surface area contributed by atoms with Gasteiger partial charge in [0.05, 0.1) is 21.1 Å². The molecule has 0 spiro atoms. The number of rotatable bonds is 6. The molecule has 2 heterocycles. The van der Waals surface area contributed by atoms with Crippen LogP contribution >= 0.6 is 0 Å². The number of ether oxygens (including phenoxy) is 1. The maximum Gasteiger partial charge on any atom is 0.432 e. The number of carbonyl (C=O) groups is 2. The molecule has 0 aromatic heterocycles. The van der Waals surface area contributed by atoms with E-state index in [0.717, 1.165) is 17.6 Å². The van der Waals surface area contributed by atoms with Crippen molar-refractivity contribution in [2.45, 2.75) is 19.4 Å². The predicted molar refractivity (Wildman–Crippen MR) is 124 cm³/mol. The second-order valence-electron chi connectivity index (χ2n) is 9.09. The summed E-state index contributed by atoms with van der Waals surface area (Å²) in [5, 5.41) is 9.30. The topological polar surface area (TPSA) is 79.2 Å². The van der Waals surface area contributed by atoms with E-state index in [1.54, 1.807) is 14.1 Å². The fourth-order valence-corrected chi connectivity index (χ4v) is 4.32. The van der Waals surface area contributed by atoms with E-state index in [1.165, 1.54) is 4.90 Å². The Hall–Kier alpha value is -3.33.